The van der Waals surface area contributed by atoms with Crippen molar-refractivity contribution >= 4 is 11.6 Å². The van der Waals surface area contributed by atoms with E-state index in [-0.39, 0.29) is 11.6 Å². The first-order valence-electron chi connectivity index (χ1n) is 6.90. The van der Waals surface area contributed by atoms with E-state index in [4.69, 9.17) is 21.1 Å². The lowest BCUT2D eigenvalue weighted by molar-refractivity contribution is 0.0764. The molecule has 0 aliphatic rings. The predicted octanol–water partition coefficient (Wildman–Crippen LogP) is 3.74. The zero-order chi connectivity index (χ0) is 15.3. The fourth-order valence-electron chi connectivity index (χ4n) is 1.91. The number of hydrogen-bond acceptors (Lipinski definition) is 3. The topological polar surface area (TPSA) is 30.5 Å². The molecule has 0 amide bonds. The lowest BCUT2D eigenvalue weighted by atomic mass is 10.1. The normalized spacial score (nSPS) is 13.3. The lowest BCUT2D eigenvalue weighted by Crippen LogP contribution is -2.44. The van der Waals surface area contributed by atoms with Gasteiger partial charge in [-0.25, -0.2) is 0 Å². The van der Waals surface area contributed by atoms with Gasteiger partial charge in [0, 0.05) is 24.2 Å². The standard InChI is InChI=1S/C16H26ClNO2/c1-11-7-13(8-12(2)15(11)17)20-14(10-19-6)9-18-16(3,4)5/h7-8,14,18H,9-10H2,1-6H3. The first-order valence-corrected chi connectivity index (χ1v) is 7.28. The molecule has 0 radical (unpaired) electrons. The van der Waals surface area contributed by atoms with E-state index >= 15 is 0 Å². The number of hydrogen-bond donors (Lipinski definition) is 1. The molecule has 1 rings (SSSR count). The third-order valence-corrected chi connectivity index (χ3v) is 3.52. The lowest BCUT2D eigenvalue weighted by Gasteiger charge is -2.26. The Bertz CT molecular complexity index is 418. The Morgan fingerprint density at radius 3 is 2.20 bits per heavy atom. The minimum Gasteiger partial charge on any atom is -0.487 e. The summed E-state index contributed by atoms with van der Waals surface area (Å²) < 4.78 is 11.3. The van der Waals surface area contributed by atoms with Crippen LogP contribution >= 0.6 is 11.6 Å². The van der Waals surface area contributed by atoms with Crippen LogP contribution in [0.4, 0.5) is 0 Å². The van der Waals surface area contributed by atoms with E-state index in [9.17, 15) is 0 Å². The van der Waals surface area contributed by atoms with Crippen molar-refractivity contribution in [3.05, 3.63) is 28.3 Å². The van der Waals surface area contributed by atoms with E-state index in [0.717, 1.165) is 28.4 Å². The van der Waals surface area contributed by atoms with E-state index in [1.54, 1.807) is 7.11 Å². The maximum atomic E-state index is 6.18. The smallest absolute Gasteiger partial charge is 0.134 e. The summed E-state index contributed by atoms with van der Waals surface area (Å²) in [5.74, 6) is 0.835. The van der Waals surface area contributed by atoms with Crippen LogP contribution in [0, 0.1) is 13.8 Å². The molecule has 4 heteroatoms. The molecule has 1 aromatic rings. The third kappa shape index (κ3) is 5.70. The number of rotatable bonds is 6. The molecule has 1 aromatic carbocycles. The first kappa shape index (κ1) is 17.3. The summed E-state index contributed by atoms with van der Waals surface area (Å²) >= 11 is 6.18. The molecule has 0 heterocycles. The number of nitrogens with one attached hydrogen (secondary N) is 1. The van der Waals surface area contributed by atoms with Gasteiger partial charge in [0.1, 0.15) is 11.9 Å². The van der Waals surface area contributed by atoms with Crippen LogP contribution in [-0.4, -0.2) is 31.9 Å². The number of halogens is 1. The van der Waals surface area contributed by atoms with Crippen molar-refractivity contribution in [2.24, 2.45) is 0 Å². The minimum atomic E-state index is -0.0285. The van der Waals surface area contributed by atoms with Gasteiger partial charge in [-0.05, 0) is 57.9 Å². The van der Waals surface area contributed by atoms with Gasteiger partial charge in [-0.3, -0.25) is 0 Å². The van der Waals surface area contributed by atoms with Crippen LogP contribution < -0.4 is 10.1 Å². The molecule has 114 valence electrons. The van der Waals surface area contributed by atoms with E-state index in [0.29, 0.717) is 6.61 Å². The fourth-order valence-corrected chi connectivity index (χ4v) is 2.02. The van der Waals surface area contributed by atoms with Crippen molar-refractivity contribution in [2.45, 2.75) is 46.3 Å². The molecular weight excluding hydrogens is 274 g/mol. The van der Waals surface area contributed by atoms with Crippen LogP contribution in [0.3, 0.4) is 0 Å². The van der Waals surface area contributed by atoms with Gasteiger partial charge in [-0.15, -0.1) is 0 Å². The Hall–Kier alpha value is -0.770. The molecule has 1 N–H and O–H groups in total. The van der Waals surface area contributed by atoms with Crippen molar-refractivity contribution in [1.82, 2.24) is 5.32 Å². The van der Waals surface area contributed by atoms with Crippen LogP contribution in [0.2, 0.25) is 5.02 Å². The Morgan fingerprint density at radius 1 is 1.20 bits per heavy atom. The molecular formula is C16H26ClNO2. The number of benzene rings is 1. The van der Waals surface area contributed by atoms with Crippen LogP contribution in [0.15, 0.2) is 12.1 Å². The van der Waals surface area contributed by atoms with Gasteiger partial charge in [-0.1, -0.05) is 11.6 Å². The summed E-state index contributed by atoms with van der Waals surface area (Å²) in [6.07, 6.45) is -0.0285. The predicted molar refractivity (Wildman–Crippen MR) is 85.0 cm³/mol. The van der Waals surface area contributed by atoms with Crippen LogP contribution in [0.25, 0.3) is 0 Å². The van der Waals surface area contributed by atoms with Gasteiger partial charge in [0.15, 0.2) is 0 Å². The molecule has 20 heavy (non-hydrogen) atoms. The molecule has 0 spiro atoms. The molecule has 0 aliphatic carbocycles. The Labute approximate surface area is 127 Å². The monoisotopic (exact) mass is 299 g/mol. The highest BCUT2D eigenvalue weighted by molar-refractivity contribution is 6.32. The first-order chi connectivity index (χ1) is 9.23. The van der Waals surface area contributed by atoms with Crippen LogP contribution in [0.5, 0.6) is 5.75 Å². The second-order valence-corrected chi connectivity index (χ2v) is 6.58. The van der Waals surface area contributed by atoms with Gasteiger partial charge in [0.25, 0.3) is 0 Å². The fraction of sp³-hybridized carbons (Fsp3) is 0.625. The summed E-state index contributed by atoms with van der Waals surface area (Å²) in [4.78, 5) is 0. The van der Waals surface area contributed by atoms with Crippen LogP contribution in [0.1, 0.15) is 31.9 Å². The number of aryl methyl sites for hydroxylation is 2. The third-order valence-electron chi connectivity index (χ3n) is 2.93. The van der Waals surface area contributed by atoms with Crippen molar-refractivity contribution in [3.8, 4) is 5.75 Å². The van der Waals surface area contributed by atoms with Crippen molar-refractivity contribution in [1.29, 1.82) is 0 Å². The van der Waals surface area contributed by atoms with Gasteiger partial charge >= 0.3 is 0 Å². The summed E-state index contributed by atoms with van der Waals surface area (Å²) in [6, 6.07) is 3.93. The maximum Gasteiger partial charge on any atom is 0.134 e. The summed E-state index contributed by atoms with van der Waals surface area (Å²) in [6.45, 7) is 11.7. The number of ether oxygens (including phenoxy) is 2. The van der Waals surface area contributed by atoms with Gasteiger partial charge in [0.2, 0.25) is 0 Å². The Balaban J connectivity index is 2.75. The van der Waals surface area contributed by atoms with Gasteiger partial charge in [-0.2, -0.15) is 0 Å². The largest absolute Gasteiger partial charge is 0.487 e. The van der Waals surface area contributed by atoms with Crippen molar-refractivity contribution < 1.29 is 9.47 Å². The molecule has 0 saturated carbocycles. The molecule has 3 nitrogen and oxygen atoms in total. The van der Waals surface area contributed by atoms with E-state index < -0.39 is 0 Å². The zero-order valence-corrected chi connectivity index (χ0v) is 14.1. The van der Waals surface area contributed by atoms with Crippen LogP contribution in [-0.2, 0) is 4.74 Å². The zero-order valence-electron chi connectivity index (χ0n) is 13.3. The highest BCUT2D eigenvalue weighted by Crippen LogP contribution is 2.26. The summed E-state index contributed by atoms with van der Waals surface area (Å²) in [5, 5.41) is 4.24. The number of methoxy groups -OCH3 is 1. The highest BCUT2D eigenvalue weighted by Gasteiger charge is 2.16. The maximum absolute atomic E-state index is 6.18. The second kappa shape index (κ2) is 7.30. The van der Waals surface area contributed by atoms with Gasteiger partial charge < -0.3 is 14.8 Å². The SMILES string of the molecule is COCC(CNC(C)(C)C)Oc1cc(C)c(Cl)c(C)c1. The molecule has 0 fully saturated rings. The molecule has 1 unspecified atom stereocenters. The van der Waals surface area contributed by atoms with Crippen molar-refractivity contribution in [2.75, 3.05) is 20.3 Å². The molecule has 1 atom stereocenters. The Kier molecular flexibility index (Phi) is 6.31. The second-order valence-electron chi connectivity index (χ2n) is 6.20. The van der Waals surface area contributed by atoms with Gasteiger partial charge in [0.05, 0.1) is 6.61 Å². The molecule has 0 aromatic heterocycles. The van der Waals surface area contributed by atoms with E-state index in [2.05, 4.69) is 26.1 Å². The average molecular weight is 300 g/mol. The molecule has 0 aliphatic heterocycles. The quantitative estimate of drug-likeness (QED) is 0.868. The highest BCUT2D eigenvalue weighted by atomic mass is 35.5. The Morgan fingerprint density at radius 2 is 1.75 bits per heavy atom. The minimum absolute atomic E-state index is 0.0285. The summed E-state index contributed by atoms with van der Waals surface area (Å²) in [5.41, 5.74) is 2.12. The average Bonchev–Trinajstić information content (AvgIpc) is 2.32. The molecule has 0 bridgehead atoms. The van der Waals surface area contributed by atoms with E-state index in [1.807, 2.05) is 26.0 Å². The van der Waals surface area contributed by atoms with Crippen molar-refractivity contribution in [3.63, 3.8) is 0 Å². The van der Waals surface area contributed by atoms with E-state index in [1.165, 1.54) is 0 Å². The molecule has 0 saturated heterocycles. The summed E-state index contributed by atoms with van der Waals surface area (Å²) in [7, 11) is 1.69.